The lowest BCUT2D eigenvalue weighted by Gasteiger charge is -2.24. The minimum absolute atomic E-state index is 0.0957. The normalized spacial score (nSPS) is 19.6. The molecule has 1 aliphatic rings. The number of amides is 1. The zero-order valence-corrected chi connectivity index (χ0v) is 14.0. The molecule has 0 saturated carbocycles. The van der Waals surface area contributed by atoms with Gasteiger partial charge in [0, 0.05) is 7.05 Å². The molecule has 25 heavy (non-hydrogen) atoms. The molecular weight excluding hydrogens is 328 g/mol. The molecule has 2 atom stereocenters. The number of hydrogen-bond donors (Lipinski definition) is 1. The van der Waals surface area contributed by atoms with Gasteiger partial charge in [-0.2, -0.15) is 0 Å². The number of aromatic nitrogens is 1. The van der Waals surface area contributed by atoms with Crippen LogP contribution >= 0.6 is 0 Å². The number of carbonyl (C=O) groups is 1. The number of carbonyl (C=O) groups excluding carboxylic acids is 1. The van der Waals surface area contributed by atoms with Crippen molar-refractivity contribution in [3.8, 4) is 11.5 Å². The first-order valence-electron chi connectivity index (χ1n) is 7.82. The lowest BCUT2D eigenvalue weighted by molar-refractivity contribution is 0.0575. The molecule has 1 amide bonds. The maximum atomic E-state index is 12.4. The van der Waals surface area contributed by atoms with Crippen molar-refractivity contribution >= 4 is 5.91 Å². The topological polar surface area (TPSA) is 94.3 Å². The van der Waals surface area contributed by atoms with E-state index in [0.29, 0.717) is 12.4 Å². The molecule has 1 aromatic heterocycles. The van der Waals surface area contributed by atoms with E-state index >= 15 is 0 Å². The molecule has 0 aliphatic carbocycles. The molecule has 0 radical (unpaired) electrons. The molecule has 2 heterocycles. The van der Waals surface area contributed by atoms with E-state index in [4.69, 9.17) is 18.6 Å². The Morgan fingerprint density at radius 2 is 2.04 bits per heavy atom. The van der Waals surface area contributed by atoms with Crippen molar-refractivity contribution in [1.82, 2.24) is 9.88 Å². The van der Waals surface area contributed by atoms with Crippen LogP contribution in [0.2, 0.25) is 0 Å². The minimum Gasteiger partial charge on any atom is -0.497 e. The largest absolute Gasteiger partial charge is 0.497 e. The molecule has 8 heteroatoms. The summed E-state index contributed by atoms with van der Waals surface area (Å²) in [5.41, 5.74) is 0.162. The Kier molecular flexibility index (Phi) is 5.20. The van der Waals surface area contributed by atoms with Crippen molar-refractivity contribution in [2.75, 3.05) is 27.4 Å². The Morgan fingerprint density at radius 3 is 2.68 bits per heavy atom. The van der Waals surface area contributed by atoms with Crippen LogP contribution in [0.3, 0.4) is 0 Å². The van der Waals surface area contributed by atoms with E-state index in [1.807, 2.05) is 0 Å². The number of nitrogens with zero attached hydrogens (tertiary/aromatic N) is 2. The first-order valence-corrected chi connectivity index (χ1v) is 7.82. The Morgan fingerprint density at radius 1 is 1.32 bits per heavy atom. The minimum atomic E-state index is -0.696. The summed E-state index contributed by atoms with van der Waals surface area (Å²) in [6.45, 7) is 0.620. The number of rotatable bonds is 6. The van der Waals surface area contributed by atoms with Gasteiger partial charge in [-0.15, -0.1) is 0 Å². The highest BCUT2D eigenvalue weighted by molar-refractivity contribution is 5.92. The fourth-order valence-corrected chi connectivity index (χ4v) is 2.53. The lowest BCUT2D eigenvalue weighted by Crippen LogP contribution is -2.44. The van der Waals surface area contributed by atoms with Crippen LogP contribution in [0.4, 0.5) is 0 Å². The molecule has 1 aliphatic heterocycles. The van der Waals surface area contributed by atoms with Crippen molar-refractivity contribution in [3.63, 3.8) is 0 Å². The summed E-state index contributed by atoms with van der Waals surface area (Å²) < 4.78 is 21.1. The molecule has 134 valence electrons. The predicted octanol–water partition coefficient (Wildman–Crippen LogP) is 1.09. The Hall–Kier alpha value is -2.58. The van der Waals surface area contributed by atoms with E-state index < -0.39 is 6.10 Å². The van der Waals surface area contributed by atoms with Gasteiger partial charge in [-0.05, 0) is 24.3 Å². The summed E-state index contributed by atoms with van der Waals surface area (Å²) in [4.78, 5) is 18.0. The van der Waals surface area contributed by atoms with Crippen LogP contribution in [-0.2, 0) is 11.3 Å². The molecule has 3 rings (SSSR count). The van der Waals surface area contributed by atoms with Gasteiger partial charge in [0.1, 0.15) is 17.8 Å². The summed E-state index contributed by atoms with van der Waals surface area (Å²) in [5.74, 6) is 1.32. The molecule has 1 saturated heterocycles. The zero-order valence-electron chi connectivity index (χ0n) is 14.0. The molecule has 8 nitrogen and oxygen atoms in total. The number of hydrogen-bond acceptors (Lipinski definition) is 7. The average molecular weight is 348 g/mol. The SMILES string of the molecule is COc1ccc(OCc2nc(C(=O)N(C)[C@@H]3COC[C@H]3O)co2)cc1. The Bertz CT molecular complexity index is 714. The number of methoxy groups -OCH3 is 1. The van der Waals surface area contributed by atoms with Crippen molar-refractivity contribution in [2.45, 2.75) is 18.8 Å². The predicted molar refractivity (Wildman–Crippen MR) is 86.5 cm³/mol. The number of benzene rings is 1. The fourth-order valence-electron chi connectivity index (χ4n) is 2.53. The van der Waals surface area contributed by atoms with Crippen LogP contribution in [0.1, 0.15) is 16.4 Å². The van der Waals surface area contributed by atoms with Crippen molar-refractivity contribution in [2.24, 2.45) is 0 Å². The molecule has 1 N–H and O–H groups in total. The van der Waals surface area contributed by atoms with Crippen LogP contribution in [0.25, 0.3) is 0 Å². The van der Waals surface area contributed by atoms with E-state index in [1.165, 1.54) is 11.2 Å². The molecule has 0 unspecified atom stereocenters. The van der Waals surface area contributed by atoms with E-state index in [1.54, 1.807) is 38.4 Å². The van der Waals surface area contributed by atoms with Gasteiger partial charge in [0.05, 0.1) is 32.5 Å². The van der Waals surface area contributed by atoms with Gasteiger partial charge in [-0.25, -0.2) is 4.98 Å². The van der Waals surface area contributed by atoms with Crippen LogP contribution in [0, 0.1) is 0 Å². The molecule has 0 spiro atoms. The van der Waals surface area contributed by atoms with Crippen LogP contribution in [0.5, 0.6) is 11.5 Å². The number of ether oxygens (including phenoxy) is 3. The molecular formula is C17H20N2O6. The van der Waals surface area contributed by atoms with Crippen LogP contribution in [0.15, 0.2) is 34.9 Å². The molecule has 0 bridgehead atoms. The van der Waals surface area contributed by atoms with E-state index in [0.717, 1.165) is 5.75 Å². The smallest absolute Gasteiger partial charge is 0.275 e. The highest BCUT2D eigenvalue weighted by atomic mass is 16.5. The Balaban J connectivity index is 1.58. The number of aliphatic hydroxyl groups is 1. The molecule has 1 aromatic carbocycles. The second-order valence-electron chi connectivity index (χ2n) is 5.68. The number of likely N-dealkylation sites (N-methyl/N-ethyl adjacent to an activating group) is 1. The third-order valence-corrected chi connectivity index (χ3v) is 4.03. The van der Waals surface area contributed by atoms with Gasteiger partial charge in [0.2, 0.25) is 5.89 Å². The third-order valence-electron chi connectivity index (χ3n) is 4.03. The summed E-state index contributed by atoms with van der Waals surface area (Å²) in [5, 5.41) is 9.82. The highest BCUT2D eigenvalue weighted by Gasteiger charge is 2.33. The number of oxazole rings is 1. The zero-order chi connectivity index (χ0) is 17.8. The summed E-state index contributed by atoms with van der Waals surface area (Å²) >= 11 is 0. The third kappa shape index (κ3) is 3.92. The first kappa shape index (κ1) is 17.2. The number of aliphatic hydroxyl groups excluding tert-OH is 1. The highest BCUT2D eigenvalue weighted by Crippen LogP contribution is 2.19. The van der Waals surface area contributed by atoms with E-state index in [2.05, 4.69) is 4.98 Å². The molecule has 1 fully saturated rings. The monoisotopic (exact) mass is 348 g/mol. The van der Waals surface area contributed by atoms with Gasteiger partial charge in [-0.1, -0.05) is 0 Å². The summed E-state index contributed by atoms with van der Waals surface area (Å²) in [7, 11) is 3.20. The van der Waals surface area contributed by atoms with E-state index in [9.17, 15) is 9.90 Å². The maximum Gasteiger partial charge on any atom is 0.275 e. The summed E-state index contributed by atoms with van der Waals surface area (Å²) in [6.07, 6.45) is 0.590. The molecule has 2 aromatic rings. The van der Waals surface area contributed by atoms with Gasteiger partial charge < -0.3 is 28.6 Å². The fraction of sp³-hybridized carbons (Fsp3) is 0.412. The first-order chi connectivity index (χ1) is 12.1. The summed E-state index contributed by atoms with van der Waals surface area (Å²) in [6, 6.07) is 6.71. The standard InChI is InChI=1S/C17H20N2O6/c1-19(14-8-23-9-15(14)20)17(21)13-7-25-16(18-13)10-24-12-5-3-11(22-2)4-6-12/h3-7,14-15,20H,8-10H2,1-2H3/t14-,15-/m1/s1. The average Bonchev–Trinajstić information content (AvgIpc) is 3.28. The van der Waals surface area contributed by atoms with Gasteiger partial charge >= 0.3 is 0 Å². The van der Waals surface area contributed by atoms with Gasteiger partial charge in [-0.3, -0.25) is 4.79 Å². The Labute approximate surface area is 144 Å². The van der Waals surface area contributed by atoms with Crippen molar-refractivity contribution in [3.05, 3.63) is 42.1 Å². The quantitative estimate of drug-likeness (QED) is 0.835. The van der Waals surface area contributed by atoms with Gasteiger partial charge in [0.25, 0.3) is 5.91 Å². The van der Waals surface area contributed by atoms with Gasteiger partial charge in [0.15, 0.2) is 12.3 Å². The second kappa shape index (κ2) is 7.54. The van der Waals surface area contributed by atoms with Crippen molar-refractivity contribution < 1.29 is 28.5 Å². The van der Waals surface area contributed by atoms with E-state index in [-0.39, 0.29) is 36.7 Å². The van der Waals surface area contributed by atoms with Crippen LogP contribution in [-0.4, -0.2) is 60.4 Å². The van der Waals surface area contributed by atoms with Crippen molar-refractivity contribution in [1.29, 1.82) is 0 Å². The van der Waals surface area contributed by atoms with Crippen LogP contribution < -0.4 is 9.47 Å². The maximum absolute atomic E-state index is 12.4. The second-order valence-corrected chi connectivity index (χ2v) is 5.68. The lowest BCUT2D eigenvalue weighted by atomic mass is 10.2.